The SMILES string of the molecule is CCNC(=NCC(C)c1cccc(C)c1)N1CCC(N2CCOCC2)C1.I. The second kappa shape index (κ2) is 11.2. The summed E-state index contributed by atoms with van der Waals surface area (Å²) in [6.45, 7) is 14.3. The lowest BCUT2D eigenvalue weighted by molar-refractivity contribution is 0.0195. The molecule has 152 valence electrons. The maximum atomic E-state index is 5.50. The van der Waals surface area contributed by atoms with Crippen LogP contribution < -0.4 is 5.32 Å². The Morgan fingerprint density at radius 2 is 2.07 bits per heavy atom. The second-order valence-electron chi connectivity index (χ2n) is 7.55. The van der Waals surface area contributed by atoms with E-state index in [2.05, 4.69) is 60.2 Å². The van der Waals surface area contributed by atoms with Crippen LogP contribution in [-0.2, 0) is 4.74 Å². The monoisotopic (exact) mass is 486 g/mol. The van der Waals surface area contributed by atoms with Gasteiger partial charge in [0.05, 0.1) is 13.2 Å². The zero-order valence-corrected chi connectivity index (χ0v) is 19.3. The Hall–Kier alpha value is -0.860. The first-order valence-corrected chi connectivity index (χ1v) is 10.1. The van der Waals surface area contributed by atoms with E-state index >= 15 is 0 Å². The van der Waals surface area contributed by atoms with Crippen LogP contribution in [0.3, 0.4) is 0 Å². The predicted octanol–water partition coefficient (Wildman–Crippen LogP) is 3.09. The molecule has 0 aromatic heterocycles. The molecule has 6 heteroatoms. The molecular weight excluding hydrogens is 451 g/mol. The molecule has 2 aliphatic rings. The molecule has 0 saturated carbocycles. The van der Waals surface area contributed by atoms with Crippen molar-refractivity contribution < 1.29 is 4.74 Å². The van der Waals surface area contributed by atoms with Gasteiger partial charge in [-0.3, -0.25) is 9.89 Å². The van der Waals surface area contributed by atoms with Crippen LogP contribution in [0.2, 0.25) is 0 Å². The highest BCUT2D eigenvalue weighted by molar-refractivity contribution is 14.0. The van der Waals surface area contributed by atoms with Crippen molar-refractivity contribution in [2.75, 3.05) is 52.5 Å². The Kier molecular flexibility index (Phi) is 9.32. The van der Waals surface area contributed by atoms with Gasteiger partial charge in [-0.15, -0.1) is 24.0 Å². The fourth-order valence-corrected chi connectivity index (χ4v) is 3.91. The van der Waals surface area contributed by atoms with E-state index < -0.39 is 0 Å². The fraction of sp³-hybridized carbons (Fsp3) is 0.667. The number of likely N-dealkylation sites (tertiary alicyclic amines) is 1. The highest BCUT2D eigenvalue weighted by atomic mass is 127. The zero-order valence-electron chi connectivity index (χ0n) is 17.0. The largest absolute Gasteiger partial charge is 0.379 e. The lowest BCUT2D eigenvalue weighted by Crippen LogP contribution is -2.46. The minimum Gasteiger partial charge on any atom is -0.379 e. The van der Waals surface area contributed by atoms with Crippen LogP contribution in [0.25, 0.3) is 0 Å². The fourth-order valence-electron chi connectivity index (χ4n) is 3.91. The lowest BCUT2D eigenvalue weighted by atomic mass is 10.00. The molecule has 0 spiro atoms. The van der Waals surface area contributed by atoms with Crippen molar-refractivity contribution in [3.05, 3.63) is 35.4 Å². The molecule has 0 amide bonds. The number of morpholine rings is 1. The van der Waals surface area contributed by atoms with Gasteiger partial charge in [-0.25, -0.2) is 0 Å². The van der Waals surface area contributed by atoms with Gasteiger partial charge in [0.25, 0.3) is 0 Å². The van der Waals surface area contributed by atoms with Crippen LogP contribution in [-0.4, -0.2) is 74.3 Å². The quantitative estimate of drug-likeness (QED) is 0.395. The molecule has 0 aliphatic carbocycles. The van der Waals surface area contributed by atoms with Crippen molar-refractivity contribution >= 4 is 29.9 Å². The second-order valence-corrected chi connectivity index (χ2v) is 7.55. The Labute approximate surface area is 181 Å². The standard InChI is InChI=1S/C21H34N4O.HI/c1-4-22-21(23-15-18(3)19-7-5-6-17(2)14-19)25-9-8-20(16-25)24-10-12-26-13-11-24;/h5-7,14,18,20H,4,8-13,15-16H2,1-3H3,(H,22,23);1H. The summed E-state index contributed by atoms with van der Waals surface area (Å²) >= 11 is 0. The smallest absolute Gasteiger partial charge is 0.193 e. The molecule has 2 fully saturated rings. The number of guanidine groups is 1. The van der Waals surface area contributed by atoms with Crippen LogP contribution in [0.5, 0.6) is 0 Å². The summed E-state index contributed by atoms with van der Waals surface area (Å²) in [5.41, 5.74) is 2.69. The third kappa shape index (κ3) is 6.32. The first kappa shape index (κ1) is 22.4. The van der Waals surface area contributed by atoms with Gasteiger partial charge in [-0.05, 0) is 25.8 Å². The number of benzene rings is 1. The van der Waals surface area contributed by atoms with Gasteiger partial charge in [0.2, 0.25) is 0 Å². The molecule has 1 aromatic carbocycles. The summed E-state index contributed by atoms with van der Waals surface area (Å²) in [5, 5.41) is 3.50. The Balaban J connectivity index is 0.00000261. The number of aryl methyl sites for hydroxylation is 1. The van der Waals surface area contributed by atoms with E-state index in [4.69, 9.17) is 9.73 Å². The first-order valence-electron chi connectivity index (χ1n) is 10.1. The van der Waals surface area contributed by atoms with Gasteiger partial charge in [0.15, 0.2) is 5.96 Å². The first-order chi connectivity index (χ1) is 12.7. The summed E-state index contributed by atoms with van der Waals surface area (Å²) in [7, 11) is 0. The minimum absolute atomic E-state index is 0. The predicted molar refractivity (Wildman–Crippen MR) is 123 cm³/mol. The number of hydrogen-bond donors (Lipinski definition) is 1. The van der Waals surface area contributed by atoms with Gasteiger partial charge in [0.1, 0.15) is 0 Å². The summed E-state index contributed by atoms with van der Waals surface area (Å²) in [6.07, 6.45) is 1.22. The van der Waals surface area contributed by atoms with Gasteiger partial charge in [0, 0.05) is 51.2 Å². The topological polar surface area (TPSA) is 40.1 Å². The molecule has 2 atom stereocenters. The number of ether oxygens (including phenoxy) is 1. The normalized spacial score (nSPS) is 22.4. The summed E-state index contributed by atoms with van der Waals surface area (Å²) < 4.78 is 5.50. The summed E-state index contributed by atoms with van der Waals surface area (Å²) in [6, 6.07) is 9.42. The maximum Gasteiger partial charge on any atom is 0.193 e. The molecule has 3 rings (SSSR count). The van der Waals surface area contributed by atoms with Crippen molar-refractivity contribution in [3.8, 4) is 0 Å². The van der Waals surface area contributed by atoms with E-state index in [1.807, 2.05) is 0 Å². The van der Waals surface area contributed by atoms with E-state index in [1.165, 1.54) is 17.5 Å². The van der Waals surface area contributed by atoms with Crippen LogP contribution >= 0.6 is 24.0 Å². The molecule has 0 bridgehead atoms. The molecule has 0 radical (unpaired) electrons. The Morgan fingerprint density at radius 1 is 1.30 bits per heavy atom. The van der Waals surface area contributed by atoms with E-state index in [1.54, 1.807) is 0 Å². The molecule has 27 heavy (non-hydrogen) atoms. The number of rotatable bonds is 5. The van der Waals surface area contributed by atoms with E-state index in [-0.39, 0.29) is 24.0 Å². The number of aliphatic imine (C=N–C) groups is 1. The summed E-state index contributed by atoms with van der Waals surface area (Å²) in [4.78, 5) is 9.99. The average Bonchev–Trinajstić information content (AvgIpc) is 3.15. The molecule has 2 saturated heterocycles. The number of nitrogens with one attached hydrogen (secondary N) is 1. The molecule has 5 nitrogen and oxygen atoms in total. The Morgan fingerprint density at radius 3 is 2.78 bits per heavy atom. The van der Waals surface area contributed by atoms with Crippen LogP contribution in [0, 0.1) is 6.92 Å². The average molecular weight is 486 g/mol. The van der Waals surface area contributed by atoms with Crippen LogP contribution in [0.4, 0.5) is 0 Å². The number of hydrogen-bond acceptors (Lipinski definition) is 3. The molecule has 1 N–H and O–H groups in total. The maximum absolute atomic E-state index is 5.50. The number of halogens is 1. The highest BCUT2D eigenvalue weighted by Gasteiger charge is 2.30. The molecule has 2 heterocycles. The van der Waals surface area contributed by atoms with Crippen molar-refractivity contribution in [3.63, 3.8) is 0 Å². The third-order valence-corrected chi connectivity index (χ3v) is 5.49. The molecule has 2 aliphatic heterocycles. The minimum atomic E-state index is 0. The van der Waals surface area contributed by atoms with Crippen molar-refractivity contribution in [1.29, 1.82) is 0 Å². The molecular formula is C21H35IN4O. The van der Waals surface area contributed by atoms with Crippen LogP contribution in [0.15, 0.2) is 29.3 Å². The third-order valence-electron chi connectivity index (χ3n) is 5.49. The van der Waals surface area contributed by atoms with Crippen molar-refractivity contribution in [2.45, 2.75) is 39.2 Å². The van der Waals surface area contributed by atoms with Gasteiger partial charge in [-0.2, -0.15) is 0 Å². The lowest BCUT2D eigenvalue weighted by Gasteiger charge is -2.32. The van der Waals surface area contributed by atoms with Gasteiger partial charge in [-0.1, -0.05) is 36.8 Å². The van der Waals surface area contributed by atoms with Gasteiger partial charge < -0.3 is 15.0 Å². The van der Waals surface area contributed by atoms with E-state index in [0.29, 0.717) is 12.0 Å². The Bertz CT molecular complexity index is 604. The highest BCUT2D eigenvalue weighted by Crippen LogP contribution is 2.19. The zero-order chi connectivity index (χ0) is 18.4. The van der Waals surface area contributed by atoms with Crippen molar-refractivity contribution in [1.82, 2.24) is 15.1 Å². The van der Waals surface area contributed by atoms with Crippen molar-refractivity contribution in [2.24, 2.45) is 4.99 Å². The van der Waals surface area contributed by atoms with Gasteiger partial charge >= 0.3 is 0 Å². The summed E-state index contributed by atoms with van der Waals surface area (Å²) in [5.74, 6) is 1.50. The van der Waals surface area contributed by atoms with E-state index in [9.17, 15) is 0 Å². The van der Waals surface area contributed by atoms with E-state index in [0.717, 1.165) is 58.4 Å². The van der Waals surface area contributed by atoms with Crippen LogP contribution in [0.1, 0.15) is 37.3 Å². The molecule has 2 unspecified atom stereocenters. The number of nitrogens with zero attached hydrogens (tertiary/aromatic N) is 3. The molecule has 1 aromatic rings.